The molecule has 2 aromatic heterocycles. The third kappa shape index (κ3) is 3.72. The SMILES string of the molecule is Nc1ncc(N=C(c2ccccc2)c2ccccc2)c(-c2cccnc2)n1. The molecule has 0 spiro atoms. The molecule has 0 unspecified atom stereocenters. The van der Waals surface area contributed by atoms with Crippen LogP contribution in [0, 0.1) is 0 Å². The first-order valence-electron chi connectivity index (χ1n) is 8.54. The van der Waals surface area contributed by atoms with Gasteiger partial charge in [0.25, 0.3) is 0 Å². The molecule has 0 saturated carbocycles. The third-order valence-corrected chi connectivity index (χ3v) is 4.05. The van der Waals surface area contributed by atoms with Crippen LogP contribution in [0.2, 0.25) is 0 Å². The van der Waals surface area contributed by atoms with Crippen LogP contribution in [0.3, 0.4) is 0 Å². The summed E-state index contributed by atoms with van der Waals surface area (Å²) in [5.41, 5.74) is 10.8. The van der Waals surface area contributed by atoms with E-state index >= 15 is 0 Å². The van der Waals surface area contributed by atoms with E-state index in [4.69, 9.17) is 10.7 Å². The Labute approximate surface area is 157 Å². The summed E-state index contributed by atoms with van der Waals surface area (Å²) in [6.07, 6.45) is 5.11. The number of pyridine rings is 1. The van der Waals surface area contributed by atoms with Gasteiger partial charge in [0, 0.05) is 29.1 Å². The van der Waals surface area contributed by atoms with Crippen molar-refractivity contribution in [3.8, 4) is 11.3 Å². The lowest BCUT2D eigenvalue weighted by Crippen LogP contribution is -2.04. The van der Waals surface area contributed by atoms with E-state index in [1.165, 1.54) is 0 Å². The molecule has 4 rings (SSSR count). The molecule has 0 aliphatic carbocycles. The molecule has 0 fully saturated rings. The minimum absolute atomic E-state index is 0.203. The molecule has 0 bridgehead atoms. The second-order valence-electron chi connectivity index (χ2n) is 5.90. The lowest BCUT2D eigenvalue weighted by Gasteiger charge is -2.10. The zero-order valence-corrected chi connectivity index (χ0v) is 14.5. The Hall–Kier alpha value is -3.86. The fourth-order valence-electron chi connectivity index (χ4n) is 2.79. The number of aromatic nitrogens is 3. The zero-order chi connectivity index (χ0) is 18.5. The highest BCUT2D eigenvalue weighted by atomic mass is 15.0. The van der Waals surface area contributed by atoms with E-state index in [1.807, 2.05) is 72.8 Å². The average molecular weight is 351 g/mol. The quantitative estimate of drug-likeness (QED) is 0.556. The highest BCUT2D eigenvalue weighted by molar-refractivity contribution is 6.14. The van der Waals surface area contributed by atoms with E-state index in [-0.39, 0.29) is 5.95 Å². The van der Waals surface area contributed by atoms with Gasteiger partial charge in [-0.25, -0.2) is 15.0 Å². The van der Waals surface area contributed by atoms with Gasteiger partial charge in [0.15, 0.2) is 0 Å². The topological polar surface area (TPSA) is 77.0 Å². The zero-order valence-electron chi connectivity index (χ0n) is 14.5. The monoisotopic (exact) mass is 351 g/mol. The Morgan fingerprint density at radius 3 is 2.04 bits per heavy atom. The lowest BCUT2D eigenvalue weighted by molar-refractivity contribution is 1.17. The Balaban J connectivity index is 1.92. The van der Waals surface area contributed by atoms with E-state index in [9.17, 15) is 0 Å². The van der Waals surface area contributed by atoms with Crippen LogP contribution in [-0.2, 0) is 0 Å². The van der Waals surface area contributed by atoms with Crippen LogP contribution in [-0.4, -0.2) is 20.7 Å². The molecular formula is C22H17N5. The predicted molar refractivity (Wildman–Crippen MR) is 108 cm³/mol. The van der Waals surface area contributed by atoms with Crippen molar-refractivity contribution in [3.05, 3.63) is 103 Å². The maximum Gasteiger partial charge on any atom is 0.220 e. The predicted octanol–water partition coefficient (Wildman–Crippen LogP) is 4.29. The van der Waals surface area contributed by atoms with E-state index in [0.29, 0.717) is 11.4 Å². The number of nitrogen functional groups attached to an aromatic ring is 1. The van der Waals surface area contributed by atoms with Gasteiger partial charge in [-0.05, 0) is 12.1 Å². The minimum Gasteiger partial charge on any atom is -0.368 e. The molecule has 5 nitrogen and oxygen atoms in total. The van der Waals surface area contributed by atoms with Crippen LogP contribution in [0.25, 0.3) is 11.3 Å². The van der Waals surface area contributed by atoms with Crippen LogP contribution in [0.5, 0.6) is 0 Å². The Morgan fingerprint density at radius 1 is 0.778 bits per heavy atom. The summed E-state index contributed by atoms with van der Waals surface area (Å²) in [7, 11) is 0. The van der Waals surface area contributed by atoms with Crippen LogP contribution in [0.4, 0.5) is 11.6 Å². The van der Waals surface area contributed by atoms with Gasteiger partial charge in [0.05, 0.1) is 11.9 Å². The third-order valence-electron chi connectivity index (χ3n) is 4.05. The van der Waals surface area contributed by atoms with Crippen molar-refractivity contribution in [1.29, 1.82) is 0 Å². The number of anilines is 1. The van der Waals surface area contributed by atoms with Gasteiger partial charge in [0.2, 0.25) is 5.95 Å². The lowest BCUT2D eigenvalue weighted by atomic mass is 10.0. The molecule has 0 radical (unpaired) electrons. The molecule has 27 heavy (non-hydrogen) atoms. The van der Waals surface area contributed by atoms with Gasteiger partial charge in [-0.15, -0.1) is 0 Å². The van der Waals surface area contributed by atoms with Crippen molar-refractivity contribution in [3.63, 3.8) is 0 Å². The summed E-state index contributed by atoms with van der Waals surface area (Å²) in [4.78, 5) is 17.7. The van der Waals surface area contributed by atoms with Crippen molar-refractivity contribution >= 4 is 17.3 Å². The summed E-state index contributed by atoms with van der Waals surface area (Å²) in [6.45, 7) is 0. The Kier molecular flexibility index (Phi) is 4.66. The smallest absolute Gasteiger partial charge is 0.220 e. The first kappa shape index (κ1) is 16.6. The van der Waals surface area contributed by atoms with Crippen molar-refractivity contribution < 1.29 is 0 Å². The van der Waals surface area contributed by atoms with Crippen molar-refractivity contribution in [2.45, 2.75) is 0 Å². The summed E-state index contributed by atoms with van der Waals surface area (Å²) >= 11 is 0. The number of hydrogen-bond donors (Lipinski definition) is 1. The molecule has 5 heteroatoms. The van der Waals surface area contributed by atoms with Crippen LogP contribution in [0.1, 0.15) is 11.1 Å². The summed E-state index contributed by atoms with van der Waals surface area (Å²) in [5.74, 6) is 0.203. The maximum absolute atomic E-state index is 5.83. The molecule has 2 aromatic carbocycles. The molecule has 0 saturated heterocycles. The number of hydrogen-bond acceptors (Lipinski definition) is 5. The van der Waals surface area contributed by atoms with Gasteiger partial charge < -0.3 is 5.73 Å². The second kappa shape index (κ2) is 7.58. The van der Waals surface area contributed by atoms with Crippen molar-refractivity contribution in [2.24, 2.45) is 4.99 Å². The number of rotatable bonds is 4. The minimum atomic E-state index is 0.203. The van der Waals surface area contributed by atoms with Crippen LogP contribution >= 0.6 is 0 Å². The van der Waals surface area contributed by atoms with Crippen molar-refractivity contribution in [1.82, 2.24) is 15.0 Å². The van der Waals surface area contributed by atoms with Gasteiger partial charge in [0.1, 0.15) is 11.4 Å². The standard InChI is InChI=1S/C22H17N5/c23-22-25-15-19(21(27-22)18-12-7-13-24-14-18)26-20(16-8-3-1-4-9-16)17-10-5-2-6-11-17/h1-15H,(H2,23,25,27). The Bertz CT molecular complexity index is 1020. The molecular weight excluding hydrogens is 334 g/mol. The fourth-order valence-corrected chi connectivity index (χ4v) is 2.79. The molecule has 2 N–H and O–H groups in total. The number of benzene rings is 2. The first-order chi connectivity index (χ1) is 13.3. The normalized spacial score (nSPS) is 10.4. The van der Waals surface area contributed by atoms with Crippen molar-refractivity contribution in [2.75, 3.05) is 5.73 Å². The number of nitrogens with zero attached hydrogens (tertiary/aromatic N) is 4. The fraction of sp³-hybridized carbons (Fsp3) is 0. The molecule has 0 aliphatic heterocycles. The summed E-state index contributed by atoms with van der Waals surface area (Å²) < 4.78 is 0. The summed E-state index contributed by atoms with van der Waals surface area (Å²) in [5, 5.41) is 0. The highest BCUT2D eigenvalue weighted by Crippen LogP contribution is 2.29. The van der Waals surface area contributed by atoms with E-state index in [1.54, 1.807) is 18.6 Å². The van der Waals surface area contributed by atoms with E-state index < -0.39 is 0 Å². The van der Waals surface area contributed by atoms with Gasteiger partial charge in [-0.1, -0.05) is 60.7 Å². The second-order valence-corrected chi connectivity index (χ2v) is 5.90. The van der Waals surface area contributed by atoms with E-state index in [2.05, 4.69) is 15.0 Å². The first-order valence-corrected chi connectivity index (χ1v) is 8.54. The van der Waals surface area contributed by atoms with Gasteiger partial charge in [-0.3, -0.25) is 4.98 Å². The van der Waals surface area contributed by atoms with Gasteiger partial charge >= 0.3 is 0 Å². The van der Waals surface area contributed by atoms with E-state index in [0.717, 1.165) is 22.4 Å². The number of nitrogens with two attached hydrogens (primary N) is 1. The van der Waals surface area contributed by atoms with Gasteiger partial charge in [-0.2, -0.15) is 0 Å². The average Bonchev–Trinajstić information content (AvgIpc) is 2.75. The van der Waals surface area contributed by atoms with Crippen LogP contribution in [0.15, 0.2) is 96.4 Å². The molecule has 130 valence electrons. The highest BCUT2D eigenvalue weighted by Gasteiger charge is 2.12. The summed E-state index contributed by atoms with van der Waals surface area (Å²) in [6, 6.07) is 23.9. The van der Waals surface area contributed by atoms with Crippen LogP contribution < -0.4 is 5.73 Å². The maximum atomic E-state index is 5.83. The largest absolute Gasteiger partial charge is 0.368 e. The molecule has 0 aliphatic rings. The molecule has 0 amide bonds. The molecule has 0 atom stereocenters. The molecule has 2 heterocycles. The Morgan fingerprint density at radius 2 is 1.44 bits per heavy atom. The molecule has 4 aromatic rings. The number of aliphatic imine (C=N–C) groups is 1.